The number of phenolic OH excluding ortho intramolecular Hbond substituents is 1. The molecule has 1 saturated heterocycles. The molecule has 2 aliphatic rings. The number of phenols is 1. The number of benzene rings is 3. The number of carbonyl (C=O) groups is 2. The molecule has 0 aromatic heterocycles. The number of esters is 1. The van der Waals surface area contributed by atoms with Crippen molar-refractivity contribution in [2.75, 3.05) is 46.0 Å². The van der Waals surface area contributed by atoms with Crippen LogP contribution in [0.15, 0.2) is 53.5 Å². The van der Waals surface area contributed by atoms with Gasteiger partial charge in [0.25, 0.3) is 0 Å². The smallest absolute Gasteiger partial charge is 0.338 e. The highest BCUT2D eigenvalue weighted by Crippen LogP contribution is 2.45. The van der Waals surface area contributed by atoms with Crippen LogP contribution in [0.3, 0.4) is 0 Å². The van der Waals surface area contributed by atoms with E-state index in [1.54, 1.807) is 6.92 Å². The van der Waals surface area contributed by atoms with E-state index in [-0.39, 0.29) is 83.3 Å². The number of ether oxygens (including phenoxy) is 6. The third-order valence-corrected chi connectivity index (χ3v) is 8.97. The van der Waals surface area contributed by atoms with Crippen LogP contribution in [0.5, 0.6) is 28.7 Å². The zero-order chi connectivity index (χ0) is 38.3. The van der Waals surface area contributed by atoms with Gasteiger partial charge in [0.1, 0.15) is 30.5 Å². The lowest BCUT2D eigenvalue weighted by molar-refractivity contribution is -0.320. The predicted octanol–water partition coefficient (Wildman–Crippen LogP) is 1.38. The molecule has 1 fully saturated rings. The van der Waals surface area contributed by atoms with E-state index < -0.39 is 48.7 Å². The fraction of sp³-hybridized carbons (Fsp3) is 0.417. The number of cyclic esters (lactones) is 1. The molecular formula is C36H44N4O13. The highest BCUT2D eigenvalue weighted by molar-refractivity contribution is 5.95. The topological polar surface area (TPSA) is 253 Å². The zero-order valence-electron chi connectivity index (χ0n) is 29.4. The van der Waals surface area contributed by atoms with Gasteiger partial charge in [0.15, 0.2) is 35.7 Å². The number of hydrogen-bond donors (Lipinski definition) is 8. The monoisotopic (exact) mass is 740 g/mol. The molecule has 0 radical (unpaired) electrons. The Bertz CT molecular complexity index is 1810. The fourth-order valence-electron chi connectivity index (χ4n) is 6.14. The molecule has 1 spiro atoms. The summed E-state index contributed by atoms with van der Waals surface area (Å²) in [6.45, 7) is 1.45. The number of nitrogens with two attached hydrogens (primary N) is 1. The standard InChI is InChI=1S/C36H44N4O13/c1-4-39-23-16-25(24(15-22(23)32(45)46)51-18-40-35(37)38-2)52-34-29(43)28(42)31(44)36(53-34)12-10-20-21(33(47)50-17-36)14-26(27(41)30(20)48-3)49-13-11-19-8-6-5-7-9-19/h5-9,14-16,28-29,31,34,39,41-44H,4,10-13,17-18H2,1-3H3,(H,45,46)(H3,37,38,40). The van der Waals surface area contributed by atoms with Crippen LogP contribution < -0.4 is 35.3 Å². The van der Waals surface area contributed by atoms with Crippen LogP contribution in [-0.4, -0.2) is 114 Å². The third kappa shape index (κ3) is 8.44. The van der Waals surface area contributed by atoms with Crippen molar-refractivity contribution in [1.29, 1.82) is 0 Å². The molecule has 53 heavy (non-hydrogen) atoms. The minimum atomic E-state index is -1.86. The molecule has 5 unspecified atom stereocenters. The van der Waals surface area contributed by atoms with Crippen molar-refractivity contribution in [3.63, 3.8) is 0 Å². The van der Waals surface area contributed by atoms with Gasteiger partial charge in [0, 0.05) is 37.7 Å². The van der Waals surface area contributed by atoms with Gasteiger partial charge < -0.3 is 70.3 Å². The number of fused-ring (bicyclic) bond motifs is 1. The predicted molar refractivity (Wildman–Crippen MR) is 189 cm³/mol. The van der Waals surface area contributed by atoms with Gasteiger partial charge in [0.05, 0.1) is 30.5 Å². The summed E-state index contributed by atoms with van der Waals surface area (Å²) in [4.78, 5) is 29.4. The van der Waals surface area contributed by atoms with E-state index in [0.717, 1.165) is 5.56 Å². The highest BCUT2D eigenvalue weighted by Gasteiger charge is 2.56. The van der Waals surface area contributed by atoms with E-state index in [0.29, 0.717) is 13.0 Å². The van der Waals surface area contributed by atoms with Crippen LogP contribution in [-0.2, 0) is 22.3 Å². The van der Waals surface area contributed by atoms with Gasteiger partial charge in [-0.2, -0.15) is 0 Å². The van der Waals surface area contributed by atoms with Gasteiger partial charge in [-0.15, -0.1) is 0 Å². The first-order chi connectivity index (χ1) is 25.4. The van der Waals surface area contributed by atoms with Crippen molar-refractivity contribution in [3.8, 4) is 28.7 Å². The number of aromatic carboxylic acids is 1. The lowest BCUT2D eigenvalue weighted by Crippen LogP contribution is -2.67. The zero-order valence-corrected chi connectivity index (χ0v) is 29.4. The van der Waals surface area contributed by atoms with Gasteiger partial charge in [-0.1, -0.05) is 30.3 Å². The van der Waals surface area contributed by atoms with E-state index >= 15 is 0 Å². The SMILES string of the molecule is CCNc1cc(OC2OC3(CCc4c(cc(OCCc5ccccc5)c(O)c4OC)C(=O)OC3)C(O)C(O)C2O)c(OCNC(N)=NC)cc1C(=O)O. The summed E-state index contributed by atoms with van der Waals surface area (Å²) in [5.41, 5.74) is 5.13. The molecule has 9 N–H and O–H groups in total. The van der Waals surface area contributed by atoms with E-state index in [4.69, 9.17) is 34.2 Å². The molecule has 2 aliphatic heterocycles. The number of aliphatic imine (C=N–C) groups is 1. The quantitative estimate of drug-likeness (QED) is 0.0533. The first-order valence-electron chi connectivity index (χ1n) is 16.8. The first-order valence-corrected chi connectivity index (χ1v) is 16.8. The van der Waals surface area contributed by atoms with Gasteiger partial charge in [-0.25, -0.2) is 9.59 Å². The minimum absolute atomic E-state index is 0.00784. The normalized spacial score (nSPS) is 22.8. The second-order valence-corrected chi connectivity index (χ2v) is 12.3. The lowest BCUT2D eigenvalue weighted by Gasteiger charge is -2.48. The summed E-state index contributed by atoms with van der Waals surface area (Å²) in [7, 11) is 2.76. The van der Waals surface area contributed by atoms with Crippen molar-refractivity contribution < 1.29 is 63.5 Å². The number of hydrogen-bond acceptors (Lipinski definition) is 14. The molecule has 0 aliphatic carbocycles. The summed E-state index contributed by atoms with van der Waals surface area (Å²) in [5.74, 6) is -2.69. The second kappa shape index (κ2) is 16.9. The van der Waals surface area contributed by atoms with Crippen LogP contribution in [0.25, 0.3) is 0 Å². The van der Waals surface area contributed by atoms with Gasteiger partial charge in [-0.05, 0) is 31.4 Å². The Balaban J connectivity index is 1.43. The number of carboxylic acids is 1. The molecule has 5 atom stereocenters. The Morgan fingerprint density at radius 1 is 1.08 bits per heavy atom. The minimum Gasteiger partial charge on any atom is -0.502 e. The number of aliphatic hydroxyl groups excluding tert-OH is 3. The summed E-state index contributed by atoms with van der Waals surface area (Å²) in [6.07, 6.45) is -6.80. The van der Waals surface area contributed by atoms with Crippen molar-refractivity contribution in [1.82, 2.24) is 5.32 Å². The maximum atomic E-state index is 13.5. The van der Waals surface area contributed by atoms with Crippen molar-refractivity contribution in [3.05, 3.63) is 70.8 Å². The summed E-state index contributed by atoms with van der Waals surface area (Å²) in [5, 5.41) is 60.1. The number of nitrogens with zero attached hydrogens (tertiary/aromatic N) is 1. The van der Waals surface area contributed by atoms with Crippen LogP contribution in [0.2, 0.25) is 0 Å². The molecule has 5 rings (SSSR count). The molecule has 0 saturated carbocycles. The number of methoxy groups -OCH3 is 1. The van der Waals surface area contributed by atoms with Crippen molar-refractivity contribution in [2.45, 2.75) is 56.4 Å². The molecule has 3 aromatic carbocycles. The number of nitrogens with one attached hydrogen (secondary N) is 2. The molecule has 3 aromatic rings. The highest BCUT2D eigenvalue weighted by atomic mass is 16.7. The Kier molecular flexibility index (Phi) is 12.3. The Hall–Kier alpha value is -5.49. The maximum absolute atomic E-state index is 13.5. The molecule has 0 bridgehead atoms. The second-order valence-electron chi connectivity index (χ2n) is 12.3. The molecular weight excluding hydrogens is 696 g/mol. The Labute approximate surface area is 304 Å². The number of carbonyl (C=O) groups excluding carboxylic acids is 1. The molecule has 0 amide bonds. The van der Waals surface area contributed by atoms with E-state index in [2.05, 4.69) is 15.6 Å². The van der Waals surface area contributed by atoms with E-state index in [1.165, 1.54) is 32.4 Å². The third-order valence-electron chi connectivity index (χ3n) is 8.97. The number of aromatic hydroxyl groups is 1. The Morgan fingerprint density at radius 2 is 1.83 bits per heavy atom. The van der Waals surface area contributed by atoms with Gasteiger partial charge >= 0.3 is 11.9 Å². The molecule has 17 nitrogen and oxygen atoms in total. The number of guanidine groups is 1. The largest absolute Gasteiger partial charge is 0.502 e. The average molecular weight is 741 g/mol. The van der Waals surface area contributed by atoms with Crippen LogP contribution in [0.1, 0.15) is 45.2 Å². The summed E-state index contributed by atoms with van der Waals surface area (Å²) in [6, 6.07) is 13.4. The molecule has 17 heteroatoms. The molecule has 2 heterocycles. The van der Waals surface area contributed by atoms with Crippen molar-refractivity contribution >= 4 is 23.6 Å². The van der Waals surface area contributed by atoms with Gasteiger partial charge in [-0.3, -0.25) is 4.99 Å². The average Bonchev–Trinajstić information content (AvgIpc) is 3.15. The van der Waals surface area contributed by atoms with Gasteiger partial charge in [0.2, 0.25) is 12.0 Å². The summed E-state index contributed by atoms with van der Waals surface area (Å²) >= 11 is 0. The Morgan fingerprint density at radius 3 is 2.51 bits per heavy atom. The number of carboxylic acid groups (broad SMARTS) is 1. The summed E-state index contributed by atoms with van der Waals surface area (Å²) < 4.78 is 35.0. The number of aliphatic hydroxyl groups is 3. The fourth-order valence-corrected chi connectivity index (χ4v) is 6.14. The maximum Gasteiger partial charge on any atom is 0.338 e. The van der Waals surface area contributed by atoms with Crippen molar-refractivity contribution in [2.24, 2.45) is 10.7 Å². The number of rotatable bonds is 13. The van der Waals surface area contributed by atoms with Crippen LogP contribution in [0.4, 0.5) is 5.69 Å². The molecule has 286 valence electrons. The van der Waals surface area contributed by atoms with Crippen LogP contribution in [0, 0.1) is 0 Å². The number of anilines is 1. The van der Waals surface area contributed by atoms with E-state index in [1.807, 2.05) is 30.3 Å². The van der Waals surface area contributed by atoms with E-state index in [9.17, 15) is 35.1 Å². The van der Waals surface area contributed by atoms with Crippen LogP contribution >= 0.6 is 0 Å². The lowest BCUT2D eigenvalue weighted by atomic mass is 9.81. The first kappa shape index (κ1) is 38.7.